The van der Waals surface area contributed by atoms with Crippen LogP contribution in [0.2, 0.25) is 0 Å². The monoisotopic (exact) mass is 185 g/mol. The third-order valence-corrected chi connectivity index (χ3v) is 2.07. The van der Waals surface area contributed by atoms with E-state index in [1.165, 1.54) is 0 Å². The smallest absolute Gasteiger partial charge is 0.0830 e. The van der Waals surface area contributed by atoms with Crippen LogP contribution in [0.1, 0.15) is 5.56 Å². The van der Waals surface area contributed by atoms with E-state index in [1.807, 2.05) is 30.3 Å². The summed E-state index contributed by atoms with van der Waals surface area (Å²) in [6.07, 6.45) is 5.41. The van der Waals surface area contributed by atoms with Gasteiger partial charge in [-0.3, -0.25) is 4.98 Å². The molecule has 0 atom stereocenters. The lowest BCUT2D eigenvalue weighted by atomic mass is 10.1. The zero-order valence-corrected chi connectivity index (χ0v) is 7.97. The topological polar surface area (TPSA) is 22.1 Å². The van der Waals surface area contributed by atoms with E-state index in [0.717, 1.165) is 16.5 Å². The highest BCUT2D eigenvalue weighted by molar-refractivity contribution is 5.87. The van der Waals surface area contributed by atoms with Crippen molar-refractivity contribution in [2.45, 2.75) is 0 Å². The third kappa shape index (κ3) is 1.59. The summed E-state index contributed by atoms with van der Waals surface area (Å²) in [4.78, 5) is 4.28. The van der Waals surface area contributed by atoms with Crippen LogP contribution in [0.15, 0.2) is 42.8 Å². The van der Waals surface area contributed by atoms with Gasteiger partial charge in [0.1, 0.15) is 0 Å². The van der Waals surface area contributed by atoms with Crippen LogP contribution in [0.3, 0.4) is 0 Å². The number of fused-ring (bicyclic) bond motifs is 1. The largest absolute Gasteiger partial charge is 0.504 e. The number of pyridine rings is 1. The standard InChI is InChI=1S/C12H11NO/c1-14-9-7-10-6-8-13-12-5-3-2-4-11(10)12/h2-9H,1H3/b9-7+. The van der Waals surface area contributed by atoms with Crippen LogP contribution in [0.25, 0.3) is 17.0 Å². The molecule has 2 aromatic rings. The molecular formula is C12H11NO. The Morgan fingerprint density at radius 2 is 2.07 bits per heavy atom. The van der Waals surface area contributed by atoms with E-state index in [-0.39, 0.29) is 0 Å². The molecule has 1 aromatic carbocycles. The van der Waals surface area contributed by atoms with E-state index in [0.29, 0.717) is 0 Å². The normalized spacial score (nSPS) is 10.9. The molecule has 0 aliphatic rings. The highest BCUT2D eigenvalue weighted by Crippen LogP contribution is 2.17. The van der Waals surface area contributed by atoms with Crippen LogP contribution in [-0.2, 0) is 4.74 Å². The quantitative estimate of drug-likeness (QED) is 0.671. The number of rotatable bonds is 2. The molecule has 14 heavy (non-hydrogen) atoms. The molecule has 0 N–H and O–H groups in total. The van der Waals surface area contributed by atoms with Crippen molar-refractivity contribution in [2.24, 2.45) is 0 Å². The maximum atomic E-state index is 4.89. The zero-order valence-electron chi connectivity index (χ0n) is 7.97. The lowest BCUT2D eigenvalue weighted by molar-refractivity contribution is 0.341. The molecule has 0 aliphatic heterocycles. The summed E-state index contributed by atoms with van der Waals surface area (Å²) in [5.74, 6) is 0. The molecule has 0 amide bonds. The number of ether oxygens (including phenoxy) is 1. The van der Waals surface area contributed by atoms with Gasteiger partial charge in [-0.2, -0.15) is 0 Å². The summed E-state index contributed by atoms with van der Waals surface area (Å²) in [5.41, 5.74) is 2.13. The number of aromatic nitrogens is 1. The second-order valence-electron chi connectivity index (χ2n) is 2.96. The highest BCUT2D eigenvalue weighted by Gasteiger charge is 1.96. The summed E-state index contributed by atoms with van der Waals surface area (Å²) in [7, 11) is 1.64. The van der Waals surface area contributed by atoms with Gasteiger partial charge < -0.3 is 4.74 Å². The van der Waals surface area contributed by atoms with Crippen molar-refractivity contribution in [3.8, 4) is 0 Å². The van der Waals surface area contributed by atoms with Crippen molar-refractivity contribution in [3.63, 3.8) is 0 Å². The van der Waals surface area contributed by atoms with Gasteiger partial charge in [0, 0.05) is 11.6 Å². The maximum Gasteiger partial charge on any atom is 0.0830 e. The Morgan fingerprint density at radius 1 is 1.21 bits per heavy atom. The summed E-state index contributed by atoms with van der Waals surface area (Å²) >= 11 is 0. The second kappa shape index (κ2) is 3.92. The van der Waals surface area contributed by atoms with Crippen molar-refractivity contribution in [2.75, 3.05) is 7.11 Å². The highest BCUT2D eigenvalue weighted by atomic mass is 16.5. The van der Waals surface area contributed by atoms with E-state index in [2.05, 4.69) is 11.1 Å². The van der Waals surface area contributed by atoms with Crippen LogP contribution in [0.5, 0.6) is 0 Å². The molecule has 0 unspecified atom stereocenters. The SMILES string of the molecule is CO/C=C/c1ccnc2ccccc12. The van der Waals surface area contributed by atoms with Crippen LogP contribution >= 0.6 is 0 Å². The van der Waals surface area contributed by atoms with Crippen LogP contribution in [0.4, 0.5) is 0 Å². The molecule has 0 spiro atoms. The van der Waals surface area contributed by atoms with Gasteiger partial charge in [0.25, 0.3) is 0 Å². The molecule has 0 saturated carbocycles. The van der Waals surface area contributed by atoms with Gasteiger partial charge in [0.15, 0.2) is 0 Å². The average Bonchev–Trinajstić information content (AvgIpc) is 2.26. The molecular weight excluding hydrogens is 174 g/mol. The van der Waals surface area contributed by atoms with Crippen LogP contribution < -0.4 is 0 Å². The van der Waals surface area contributed by atoms with Gasteiger partial charge in [-0.05, 0) is 23.8 Å². The fourth-order valence-corrected chi connectivity index (χ4v) is 1.40. The number of para-hydroxylation sites is 1. The summed E-state index contributed by atoms with van der Waals surface area (Å²) < 4.78 is 4.89. The summed E-state index contributed by atoms with van der Waals surface area (Å²) in [6.45, 7) is 0. The molecule has 0 saturated heterocycles. The molecule has 70 valence electrons. The molecule has 1 heterocycles. The van der Waals surface area contributed by atoms with Gasteiger partial charge in [-0.15, -0.1) is 0 Å². The Kier molecular flexibility index (Phi) is 2.45. The van der Waals surface area contributed by atoms with Crippen molar-refractivity contribution in [1.82, 2.24) is 4.98 Å². The van der Waals surface area contributed by atoms with E-state index in [4.69, 9.17) is 4.74 Å². The minimum atomic E-state index is 1.01. The molecule has 0 fully saturated rings. The Morgan fingerprint density at radius 3 is 2.93 bits per heavy atom. The first-order valence-corrected chi connectivity index (χ1v) is 4.45. The van der Waals surface area contributed by atoms with E-state index < -0.39 is 0 Å². The fourth-order valence-electron chi connectivity index (χ4n) is 1.40. The molecule has 2 nitrogen and oxygen atoms in total. The van der Waals surface area contributed by atoms with Crippen molar-refractivity contribution < 1.29 is 4.74 Å². The third-order valence-electron chi connectivity index (χ3n) is 2.07. The predicted octanol–water partition coefficient (Wildman–Crippen LogP) is 2.85. The number of nitrogens with zero attached hydrogens (tertiary/aromatic N) is 1. The number of methoxy groups -OCH3 is 1. The Labute approximate surface area is 82.9 Å². The number of hydrogen-bond acceptors (Lipinski definition) is 2. The molecule has 0 bridgehead atoms. The zero-order chi connectivity index (χ0) is 9.80. The number of hydrogen-bond donors (Lipinski definition) is 0. The molecule has 1 aromatic heterocycles. The van der Waals surface area contributed by atoms with Crippen molar-refractivity contribution in [1.29, 1.82) is 0 Å². The minimum absolute atomic E-state index is 1.01. The Balaban J connectivity index is 2.59. The second-order valence-corrected chi connectivity index (χ2v) is 2.96. The maximum absolute atomic E-state index is 4.89. The van der Waals surface area contributed by atoms with Gasteiger partial charge in [0.05, 0.1) is 18.9 Å². The first kappa shape index (κ1) is 8.75. The summed E-state index contributed by atoms with van der Waals surface area (Å²) in [6, 6.07) is 10.0. The first-order valence-electron chi connectivity index (χ1n) is 4.45. The lowest BCUT2D eigenvalue weighted by Gasteiger charge is -2.00. The van der Waals surface area contributed by atoms with Crippen LogP contribution in [-0.4, -0.2) is 12.1 Å². The predicted molar refractivity (Wildman–Crippen MR) is 57.8 cm³/mol. The molecule has 0 aliphatic carbocycles. The van der Waals surface area contributed by atoms with Gasteiger partial charge >= 0.3 is 0 Å². The Bertz CT molecular complexity index is 457. The van der Waals surface area contributed by atoms with E-state index in [9.17, 15) is 0 Å². The van der Waals surface area contributed by atoms with Crippen molar-refractivity contribution >= 4 is 17.0 Å². The number of benzene rings is 1. The minimum Gasteiger partial charge on any atom is -0.504 e. The van der Waals surface area contributed by atoms with Crippen molar-refractivity contribution in [3.05, 3.63) is 48.4 Å². The van der Waals surface area contributed by atoms with Gasteiger partial charge in [-0.1, -0.05) is 18.2 Å². The van der Waals surface area contributed by atoms with E-state index in [1.54, 1.807) is 19.6 Å². The molecule has 2 heteroatoms. The fraction of sp³-hybridized carbons (Fsp3) is 0.0833. The average molecular weight is 185 g/mol. The molecule has 0 radical (unpaired) electrons. The van der Waals surface area contributed by atoms with Gasteiger partial charge in [0.2, 0.25) is 0 Å². The Hall–Kier alpha value is -1.83. The van der Waals surface area contributed by atoms with E-state index >= 15 is 0 Å². The molecule has 2 rings (SSSR count). The van der Waals surface area contributed by atoms with Gasteiger partial charge in [-0.25, -0.2) is 0 Å². The lowest BCUT2D eigenvalue weighted by Crippen LogP contribution is -1.81. The van der Waals surface area contributed by atoms with Crippen LogP contribution in [0, 0.1) is 0 Å². The first-order chi connectivity index (χ1) is 6.92. The summed E-state index contributed by atoms with van der Waals surface area (Å²) in [5, 5.41) is 1.14.